The summed E-state index contributed by atoms with van der Waals surface area (Å²) in [5.41, 5.74) is 1.13. The fraction of sp³-hybridized carbons (Fsp3) is 0.438. The number of hydrogen-bond donors (Lipinski definition) is 0. The van der Waals surface area contributed by atoms with Crippen LogP contribution in [0.15, 0.2) is 28.8 Å². The maximum absolute atomic E-state index is 11.0. The van der Waals surface area contributed by atoms with Crippen molar-refractivity contribution in [3.8, 4) is 5.75 Å². The summed E-state index contributed by atoms with van der Waals surface area (Å²) in [5, 5.41) is 3.91. The molecular weight excluding hydrogens is 268 g/mol. The summed E-state index contributed by atoms with van der Waals surface area (Å²) in [6.07, 6.45) is 3.63. The van der Waals surface area contributed by atoms with Crippen LogP contribution in [0.25, 0.3) is 0 Å². The van der Waals surface area contributed by atoms with E-state index in [0.717, 1.165) is 36.5 Å². The minimum Gasteiger partial charge on any atom is -0.485 e. The summed E-state index contributed by atoms with van der Waals surface area (Å²) in [4.78, 5) is 15.3. The lowest BCUT2D eigenvalue weighted by atomic mass is 10.1. The van der Waals surface area contributed by atoms with Crippen LogP contribution in [0.5, 0.6) is 5.75 Å². The van der Waals surface area contributed by atoms with Crippen LogP contribution in [-0.2, 0) is 17.8 Å². The Labute approximate surface area is 123 Å². The molecule has 3 rings (SSSR count). The molecular formula is C16H18N2O3. The lowest BCUT2D eigenvalue weighted by Crippen LogP contribution is -1.98. The number of aromatic nitrogens is 2. The highest BCUT2D eigenvalue weighted by atomic mass is 16.5. The van der Waals surface area contributed by atoms with Gasteiger partial charge >= 0.3 is 0 Å². The van der Waals surface area contributed by atoms with Crippen molar-refractivity contribution < 1.29 is 14.1 Å². The molecule has 1 heterocycles. The van der Waals surface area contributed by atoms with E-state index >= 15 is 0 Å². The highest BCUT2D eigenvalue weighted by Gasteiger charge is 2.29. The second-order valence-electron chi connectivity index (χ2n) is 5.46. The number of nitrogens with zero attached hydrogens (tertiary/aromatic N) is 2. The minimum atomic E-state index is 0.207. The molecule has 2 aromatic rings. The van der Waals surface area contributed by atoms with Gasteiger partial charge < -0.3 is 14.1 Å². The third-order valence-corrected chi connectivity index (χ3v) is 3.47. The number of rotatable bonds is 7. The normalized spacial score (nSPS) is 14.1. The summed E-state index contributed by atoms with van der Waals surface area (Å²) in [6.45, 7) is 1.92. The monoisotopic (exact) mass is 286 g/mol. The number of Topliss-reactive ketones (excluding diaryl/α,β-unsaturated/α-hetero) is 1. The smallest absolute Gasteiger partial charge is 0.229 e. The topological polar surface area (TPSA) is 65.2 Å². The zero-order chi connectivity index (χ0) is 14.7. The van der Waals surface area contributed by atoms with Gasteiger partial charge in [0.1, 0.15) is 11.5 Å². The number of ketones is 1. The van der Waals surface area contributed by atoms with Crippen LogP contribution in [0.2, 0.25) is 0 Å². The van der Waals surface area contributed by atoms with E-state index in [1.165, 1.54) is 0 Å². The van der Waals surface area contributed by atoms with Gasteiger partial charge in [0, 0.05) is 12.3 Å². The first-order valence-electron chi connectivity index (χ1n) is 7.24. The Balaban J connectivity index is 1.51. The van der Waals surface area contributed by atoms with Crippen LogP contribution in [0.1, 0.15) is 49.4 Å². The fourth-order valence-electron chi connectivity index (χ4n) is 2.04. The largest absolute Gasteiger partial charge is 0.485 e. The Morgan fingerprint density at radius 2 is 2.10 bits per heavy atom. The third kappa shape index (κ3) is 3.90. The van der Waals surface area contributed by atoms with Crippen molar-refractivity contribution in [2.24, 2.45) is 0 Å². The van der Waals surface area contributed by atoms with Gasteiger partial charge in [-0.15, -0.1) is 0 Å². The molecule has 0 bridgehead atoms. The van der Waals surface area contributed by atoms with Crippen LogP contribution >= 0.6 is 0 Å². The van der Waals surface area contributed by atoms with Gasteiger partial charge in [0.2, 0.25) is 11.7 Å². The summed E-state index contributed by atoms with van der Waals surface area (Å²) in [6, 6.07) is 7.75. The molecule has 0 atom stereocenters. The predicted octanol–water partition coefficient (Wildman–Crippen LogP) is 3.05. The summed E-state index contributed by atoms with van der Waals surface area (Å²) >= 11 is 0. The van der Waals surface area contributed by atoms with Crippen molar-refractivity contribution in [1.29, 1.82) is 0 Å². The fourth-order valence-corrected chi connectivity index (χ4v) is 2.04. The summed E-state index contributed by atoms with van der Waals surface area (Å²) < 4.78 is 10.8. The standard InChI is InChI=1S/C16H18N2O3/c1-11(19)2-3-12-4-8-14(9-5-12)20-10-15-17-16(21-18-15)13-6-7-13/h4-5,8-9,13H,2-3,6-7,10H2,1H3. The van der Waals surface area contributed by atoms with Crippen molar-refractivity contribution in [1.82, 2.24) is 10.1 Å². The third-order valence-electron chi connectivity index (χ3n) is 3.47. The Morgan fingerprint density at radius 3 is 2.76 bits per heavy atom. The van der Waals surface area contributed by atoms with Crippen LogP contribution in [-0.4, -0.2) is 15.9 Å². The Bertz CT molecular complexity index is 615. The SMILES string of the molecule is CC(=O)CCc1ccc(OCc2noc(C3CC3)n2)cc1. The first-order chi connectivity index (χ1) is 10.2. The zero-order valence-electron chi connectivity index (χ0n) is 12.0. The molecule has 1 fully saturated rings. The zero-order valence-corrected chi connectivity index (χ0v) is 12.0. The van der Waals surface area contributed by atoms with E-state index in [9.17, 15) is 4.79 Å². The number of hydrogen-bond acceptors (Lipinski definition) is 5. The average Bonchev–Trinajstić information content (AvgIpc) is 3.23. The average molecular weight is 286 g/mol. The highest BCUT2D eigenvalue weighted by molar-refractivity contribution is 5.75. The molecule has 1 aliphatic carbocycles. The molecule has 1 aromatic heterocycles. The molecule has 0 amide bonds. The maximum Gasteiger partial charge on any atom is 0.229 e. The lowest BCUT2D eigenvalue weighted by Gasteiger charge is -2.04. The van der Waals surface area contributed by atoms with Gasteiger partial charge in [0.15, 0.2) is 6.61 Å². The molecule has 0 saturated heterocycles. The molecule has 0 aliphatic heterocycles. The molecule has 1 aromatic carbocycles. The molecule has 5 nitrogen and oxygen atoms in total. The van der Waals surface area contributed by atoms with E-state index in [1.54, 1.807) is 6.92 Å². The second kappa shape index (κ2) is 6.08. The Hall–Kier alpha value is -2.17. The number of benzene rings is 1. The van der Waals surface area contributed by atoms with Gasteiger partial charge in [0.25, 0.3) is 0 Å². The van der Waals surface area contributed by atoms with Crippen molar-refractivity contribution in [3.05, 3.63) is 41.5 Å². The van der Waals surface area contributed by atoms with Crippen LogP contribution < -0.4 is 4.74 Å². The van der Waals surface area contributed by atoms with E-state index in [4.69, 9.17) is 9.26 Å². The van der Waals surface area contributed by atoms with Crippen molar-refractivity contribution in [2.45, 2.75) is 45.1 Å². The molecule has 0 N–H and O–H groups in total. The minimum absolute atomic E-state index is 0.207. The lowest BCUT2D eigenvalue weighted by molar-refractivity contribution is -0.116. The number of carbonyl (C=O) groups is 1. The first-order valence-corrected chi connectivity index (χ1v) is 7.24. The summed E-state index contributed by atoms with van der Waals surface area (Å²) in [7, 11) is 0. The molecule has 21 heavy (non-hydrogen) atoms. The van der Waals surface area contributed by atoms with E-state index in [2.05, 4.69) is 10.1 Å². The van der Waals surface area contributed by atoms with Gasteiger partial charge in [0.05, 0.1) is 0 Å². The van der Waals surface area contributed by atoms with Crippen molar-refractivity contribution >= 4 is 5.78 Å². The molecule has 1 aliphatic rings. The van der Waals surface area contributed by atoms with Crippen LogP contribution in [0, 0.1) is 0 Å². The first kappa shape index (κ1) is 13.8. The van der Waals surface area contributed by atoms with Crippen molar-refractivity contribution in [3.63, 3.8) is 0 Å². The Kier molecular flexibility index (Phi) is 3.99. The highest BCUT2D eigenvalue weighted by Crippen LogP contribution is 2.38. The maximum atomic E-state index is 11.0. The predicted molar refractivity (Wildman–Crippen MR) is 76.0 cm³/mol. The van der Waals surface area contributed by atoms with Crippen molar-refractivity contribution in [2.75, 3.05) is 0 Å². The van der Waals surface area contributed by atoms with E-state index in [-0.39, 0.29) is 5.78 Å². The van der Waals surface area contributed by atoms with E-state index < -0.39 is 0 Å². The van der Waals surface area contributed by atoms with Gasteiger partial charge in [-0.2, -0.15) is 4.98 Å². The number of ether oxygens (including phenoxy) is 1. The van der Waals surface area contributed by atoms with Gasteiger partial charge in [-0.05, 0) is 43.9 Å². The van der Waals surface area contributed by atoms with Gasteiger partial charge in [-0.3, -0.25) is 0 Å². The van der Waals surface area contributed by atoms with E-state index in [0.29, 0.717) is 24.8 Å². The number of carbonyl (C=O) groups excluding carboxylic acids is 1. The molecule has 110 valence electrons. The second-order valence-corrected chi connectivity index (χ2v) is 5.46. The van der Waals surface area contributed by atoms with Crippen LogP contribution in [0.4, 0.5) is 0 Å². The van der Waals surface area contributed by atoms with Gasteiger partial charge in [-0.1, -0.05) is 17.3 Å². The van der Waals surface area contributed by atoms with Gasteiger partial charge in [-0.25, -0.2) is 0 Å². The Morgan fingerprint density at radius 1 is 1.33 bits per heavy atom. The number of aryl methyl sites for hydroxylation is 1. The van der Waals surface area contributed by atoms with Crippen LogP contribution in [0.3, 0.4) is 0 Å². The molecule has 1 saturated carbocycles. The quantitative estimate of drug-likeness (QED) is 0.782. The molecule has 0 unspecified atom stereocenters. The van der Waals surface area contributed by atoms with E-state index in [1.807, 2.05) is 24.3 Å². The summed E-state index contributed by atoms with van der Waals surface area (Å²) in [5.74, 6) is 2.75. The molecule has 0 spiro atoms. The molecule has 0 radical (unpaired) electrons. The molecule has 5 heteroatoms.